The number of carbonyl (C=O) groups is 3. The zero-order valence-corrected chi connectivity index (χ0v) is 16.5. The first-order valence-electron chi connectivity index (χ1n) is 9.28. The van der Waals surface area contributed by atoms with Crippen molar-refractivity contribution in [1.29, 1.82) is 0 Å². The van der Waals surface area contributed by atoms with Gasteiger partial charge in [0.1, 0.15) is 5.75 Å². The standard InChI is InChI=1S/C20H25ClN2O4/c1-20(12-16(24)22-19(20)26)9-6-17(25)23-10-7-13(8-11-23)14-4-3-5-15(21)18(14)27-2/h3-5,13H,6-12H2,1-2H3,(H,22,24,26)/t20-/m0/s1. The van der Waals surface area contributed by atoms with Gasteiger partial charge in [-0.3, -0.25) is 19.7 Å². The Morgan fingerprint density at radius 1 is 1.33 bits per heavy atom. The molecule has 2 fully saturated rings. The monoisotopic (exact) mass is 392 g/mol. The van der Waals surface area contributed by atoms with Crippen molar-refractivity contribution in [3.8, 4) is 5.75 Å². The van der Waals surface area contributed by atoms with E-state index >= 15 is 0 Å². The molecule has 2 aliphatic heterocycles. The summed E-state index contributed by atoms with van der Waals surface area (Å²) in [6.45, 7) is 3.08. The number of nitrogens with one attached hydrogen (secondary N) is 1. The van der Waals surface area contributed by atoms with Crippen molar-refractivity contribution in [3.63, 3.8) is 0 Å². The number of piperidine rings is 1. The molecule has 0 aromatic heterocycles. The SMILES string of the molecule is COc1c(Cl)cccc1C1CCN(C(=O)CC[C@@]2(C)CC(=O)NC2=O)CC1. The minimum atomic E-state index is -0.765. The quantitative estimate of drug-likeness (QED) is 0.782. The Morgan fingerprint density at radius 2 is 2.04 bits per heavy atom. The third-order valence-electron chi connectivity index (χ3n) is 5.73. The van der Waals surface area contributed by atoms with E-state index in [0.717, 1.165) is 18.4 Å². The highest BCUT2D eigenvalue weighted by atomic mass is 35.5. The lowest BCUT2D eigenvalue weighted by atomic mass is 9.83. The van der Waals surface area contributed by atoms with E-state index in [1.165, 1.54) is 0 Å². The first-order valence-corrected chi connectivity index (χ1v) is 9.66. The van der Waals surface area contributed by atoms with Gasteiger partial charge < -0.3 is 9.64 Å². The molecule has 0 aliphatic carbocycles. The van der Waals surface area contributed by atoms with Crippen LogP contribution in [-0.2, 0) is 14.4 Å². The number of amides is 3. The molecule has 1 N–H and O–H groups in total. The molecule has 0 saturated carbocycles. The summed E-state index contributed by atoms with van der Waals surface area (Å²) in [6, 6.07) is 5.77. The number of imide groups is 1. The Morgan fingerprint density at radius 3 is 2.63 bits per heavy atom. The number of hydrogen-bond acceptors (Lipinski definition) is 4. The second-order valence-corrected chi connectivity index (χ2v) is 8.04. The van der Waals surface area contributed by atoms with E-state index in [-0.39, 0.29) is 30.6 Å². The van der Waals surface area contributed by atoms with Crippen molar-refractivity contribution in [2.45, 2.75) is 44.9 Å². The third-order valence-corrected chi connectivity index (χ3v) is 6.03. The second-order valence-electron chi connectivity index (χ2n) is 7.63. The molecule has 1 aromatic rings. The lowest BCUT2D eigenvalue weighted by Crippen LogP contribution is -2.39. The number of carbonyl (C=O) groups excluding carboxylic acids is 3. The highest BCUT2D eigenvalue weighted by molar-refractivity contribution is 6.32. The molecule has 2 aliphatic rings. The number of para-hydroxylation sites is 1. The molecule has 146 valence electrons. The molecule has 3 amide bonds. The van der Waals surface area contributed by atoms with Crippen LogP contribution in [0, 0.1) is 5.41 Å². The van der Waals surface area contributed by atoms with Gasteiger partial charge >= 0.3 is 0 Å². The van der Waals surface area contributed by atoms with E-state index in [0.29, 0.717) is 36.2 Å². The molecular weight excluding hydrogens is 368 g/mol. The highest BCUT2D eigenvalue weighted by Gasteiger charge is 2.42. The van der Waals surface area contributed by atoms with Crippen LogP contribution in [0.2, 0.25) is 5.02 Å². The molecule has 2 saturated heterocycles. The zero-order valence-electron chi connectivity index (χ0n) is 15.7. The number of hydrogen-bond donors (Lipinski definition) is 1. The van der Waals surface area contributed by atoms with Gasteiger partial charge in [-0.25, -0.2) is 0 Å². The largest absolute Gasteiger partial charge is 0.495 e. The van der Waals surface area contributed by atoms with Gasteiger partial charge in [0.25, 0.3) is 0 Å². The molecule has 0 radical (unpaired) electrons. The number of halogens is 1. The normalized spacial score (nSPS) is 23.4. The smallest absolute Gasteiger partial charge is 0.233 e. The van der Waals surface area contributed by atoms with Gasteiger partial charge in [0, 0.05) is 25.9 Å². The van der Waals surface area contributed by atoms with E-state index in [1.54, 1.807) is 14.0 Å². The maximum atomic E-state index is 12.6. The molecule has 1 atom stereocenters. The lowest BCUT2D eigenvalue weighted by Gasteiger charge is -2.33. The molecule has 7 heteroatoms. The van der Waals surface area contributed by atoms with Crippen molar-refractivity contribution in [2.24, 2.45) is 5.41 Å². The zero-order chi connectivity index (χ0) is 19.6. The third kappa shape index (κ3) is 4.10. The fraction of sp³-hybridized carbons (Fsp3) is 0.550. The Bertz CT molecular complexity index is 758. The summed E-state index contributed by atoms with van der Waals surface area (Å²) in [5.74, 6) is 0.533. The van der Waals surface area contributed by atoms with E-state index < -0.39 is 5.41 Å². The predicted molar refractivity (Wildman–Crippen MR) is 102 cm³/mol. The summed E-state index contributed by atoms with van der Waals surface area (Å²) in [4.78, 5) is 37.7. The van der Waals surface area contributed by atoms with Crippen LogP contribution in [0.25, 0.3) is 0 Å². The van der Waals surface area contributed by atoms with Gasteiger partial charge in [-0.05, 0) is 36.8 Å². The topological polar surface area (TPSA) is 75.7 Å². The molecule has 2 heterocycles. The second kappa shape index (κ2) is 7.89. The van der Waals surface area contributed by atoms with E-state index in [9.17, 15) is 14.4 Å². The summed E-state index contributed by atoms with van der Waals surface area (Å²) >= 11 is 6.22. The Labute approximate surface area is 164 Å². The number of ether oxygens (including phenoxy) is 1. The van der Waals surface area contributed by atoms with Crippen LogP contribution in [-0.4, -0.2) is 42.8 Å². The molecular formula is C20H25ClN2O4. The Kier molecular flexibility index (Phi) is 5.75. The number of benzene rings is 1. The van der Waals surface area contributed by atoms with Crippen LogP contribution < -0.4 is 10.1 Å². The minimum absolute atomic E-state index is 0.0416. The van der Waals surface area contributed by atoms with Crippen LogP contribution in [0.4, 0.5) is 0 Å². The van der Waals surface area contributed by atoms with E-state index in [4.69, 9.17) is 16.3 Å². The molecule has 0 spiro atoms. The van der Waals surface area contributed by atoms with Gasteiger partial charge in [-0.15, -0.1) is 0 Å². The molecule has 1 aromatic carbocycles. The number of rotatable bonds is 5. The number of nitrogens with zero attached hydrogens (tertiary/aromatic N) is 1. The minimum Gasteiger partial charge on any atom is -0.495 e. The number of likely N-dealkylation sites (tertiary alicyclic amines) is 1. The van der Waals surface area contributed by atoms with Gasteiger partial charge in [-0.1, -0.05) is 30.7 Å². The van der Waals surface area contributed by atoms with E-state index in [1.807, 2.05) is 23.1 Å². The van der Waals surface area contributed by atoms with Crippen molar-refractivity contribution >= 4 is 29.3 Å². The van der Waals surface area contributed by atoms with Gasteiger partial charge in [-0.2, -0.15) is 0 Å². The summed E-state index contributed by atoms with van der Waals surface area (Å²) in [5.41, 5.74) is 0.324. The van der Waals surface area contributed by atoms with Crippen molar-refractivity contribution in [2.75, 3.05) is 20.2 Å². The predicted octanol–water partition coefficient (Wildman–Crippen LogP) is 2.89. The average molecular weight is 393 g/mol. The van der Waals surface area contributed by atoms with E-state index in [2.05, 4.69) is 5.32 Å². The fourth-order valence-corrected chi connectivity index (χ4v) is 4.26. The average Bonchev–Trinajstić information content (AvgIpc) is 2.91. The molecule has 0 bridgehead atoms. The van der Waals surface area contributed by atoms with Crippen LogP contribution in [0.5, 0.6) is 5.75 Å². The summed E-state index contributed by atoms with van der Waals surface area (Å²) in [5, 5.41) is 2.93. The van der Waals surface area contributed by atoms with Crippen LogP contribution >= 0.6 is 11.6 Å². The first-order chi connectivity index (χ1) is 12.8. The van der Waals surface area contributed by atoms with Crippen molar-refractivity contribution < 1.29 is 19.1 Å². The summed E-state index contributed by atoms with van der Waals surface area (Å²) in [6.07, 6.45) is 2.53. The molecule has 0 unspecified atom stereocenters. The van der Waals surface area contributed by atoms with Crippen LogP contribution in [0.1, 0.15) is 50.5 Å². The molecule has 27 heavy (non-hydrogen) atoms. The molecule has 6 nitrogen and oxygen atoms in total. The summed E-state index contributed by atoms with van der Waals surface area (Å²) < 4.78 is 5.45. The number of methoxy groups -OCH3 is 1. The Balaban J connectivity index is 1.55. The first kappa shape index (κ1) is 19.7. The van der Waals surface area contributed by atoms with Crippen molar-refractivity contribution in [3.05, 3.63) is 28.8 Å². The Hall–Kier alpha value is -2.08. The maximum absolute atomic E-state index is 12.6. The van der Waals surface area contributed by atoms with Gasteiger partial charge in [0.05, 0.1) is 17.5 Å². The fourth-order valence-electron chi connectivity index (χ4n) is 4.00. The maximum Gasteiger partial charge on any atom is 0.233 e. The summed E-state index contributed by atoms with van der Waals surface area (Å²) in [7, 11) is 1.62. The van der Waals surface area contributed by atoms with Crippen molar-refractivity contribution in [1.82, 2.24) is 10.2 Å². The lowest BCUT2D eigenvalue weighted by molar-refractivity contribution is -0.133. The van der Waals surface area contributed by atoms with Crippen LogP contribution in [0.3, 0.4) is 0 Å². The van der Waals surface area contributed by atoms with Crippen LogP contribution in [0.15, 0.2) is 18.2 Å². The van der Waals surface area contributed by atoms with Gasteiger partial charge in [0.15, 0.2) is 0 Å². The molecule has 3 rings (SSSR count). The van der Waals surface area contributed by atoms with Gasteiger partial charge in [0.2, 0.25) is 17.7 Å². The highest BCUT2D eigenvalue weighted by Crippen LogP contribution is 2.38.